The fraction of sp³-hybridized carbons (Fsp3) is 0.559. The largest absolute Gasteiger partial charge is 0.462 e. The van der Waals surface area contributed by atoms with Crippen LogP contribution in [0.3, 0.4) is 0 Å². The molecule has 9 atom stereocenters. The number of carbonyl (C=O) groups excluding carboxylic acids is 10. The van der Waals surface area contributed by atoms with Crippen LogP contribution in [0.4, 0.5) is 25.4 Å². The normalized spacial score (nSPS) is 25.3. The van der Waals surface area contributed by atoms with Crippen molar-refractivity contribution in [1.29, 1.82) is 0 Å². The van der Waals surface area contributed by atoms with Crippen LogP contribution in [0.1, 0.15) is 128 Å². The number of allylic oxidation sites excluding steroid dienone is 3. The van der Waals surface area contributed by atoms with E-state index in [-0.39, 0.29) is 99.2 Å². The number of carbonyl (C=O) groups is 10. The SMILES string of the molecule is CO[C@@H]1/C=C/C=C(\C)Cc2cc(C)c(Cl)c(c2)N(C)C(=O)C[C@H](OC(=O)Nc2cc(F)c(CC(=O)[C@H](CCCNC(N)=O)NC(=O)[C@@H](CC(=O)CCCCC(=O)ON3C(=O)CCC3=O)C(C)C)cc2Cl)[C@]2(C)O[C@H]2[C@H](C)[C@@H]2C[C@@]1(O)CC(=O)O2. The molecule has 6 N–H and O–H groups in total. The molecule has 3 fully saturated rings. The number of methoxy groups -OCH3 is 1. The van der Waals surface area contributed by atoms with Crippen LogP contribution in [0.15, 0.2) is 48.1 Å². The Labute approximate surface area is 496 Å². The molecule has 4 heterocycles. The van der Waals surface area contributed by atoms with E-state index >= 15 is 4.39 Å². The zero-order valence-electron chi connectivity index (χ0n) is 48.4. The Morgan fingerprint density at radius 1 is 0.976 bits per heavy atom. The van der Waals surface area contributed by atoms with Gasteiger partial charge in [0, 0.05) is 77.5 Å². The first-order valence-electron chi connectivity index (χ1n) is 28.0. The Kier molecular flexibility index (Phi) is 22.8. The van der Waals surface area contributed by atoms with Crippen LogP contribution in [-0.2, 0) is 75.0 Å². The number of hydrogen-bond acceptors (Lipinski definition) is 16. The van der Waals surface area contributed by atoms with Crippen molar-refractivity contribution in [2.75, 3.05) is 30.9 Å². The van der Waals surface area contributed by atoms with Gasteiger partial charge in [-0.15, -0.1) is 5.06 Å². The second-order valence-electron chi connectivity index (χ2n) is 22.7. The molecular weight excluding hydrogens is 1140 g/mol. The van der Waals surface area contributed by atoms with Crippen LogP contribution in [0.25, 0.3) is 0 Å². The number of amides is 7. The van der Waals surface area contributed by atoms with E-state index in [1.165, 1.54) is 19.1 Å². The fourth-order valence-electron chi connectivity index (χ4n) is 10.8. The monoisotopic (exact) mass is 1210 g/mol. The molecule has 84 heavy (non-hydrogen) atoms. The minimum absolute atomic E-state index is 0.00867. The molecule has 4 bridgehead atoms. The molecule has 0 spiro atoms. The lowest BCUT2D eigenvalue weighted by molar-refractivity contribution is -0.197. The molecule has 2 aromatic carbocycles. The summed E-state index contributed by atoms with van der Waals surface area (Å²) in [5.74, 6) is -7.76. The number of esters is 1. The third kappa shape index (κ3) is 17.2. The molecule has 0 aliphatic carbocycles. The van der Waals surface area contributed by atoms with E-state index in [1.54, 1.807) is 45.9 Å². The lowest BCUT2D eigenvalue weighted by Gasteiger charge is -2.41. The zero-order valence-corrected chi connectivity index (χ0v) is 50.0. The first kappa shape index (κ1) is 66.4. The molecule has 0 unspecified atom stereocenters. The van der Waals surface area contributed by atoms with E-state index in [4.69, 9.17) is 52.7 Å². The number of imide groups is 1. The maximum Gasteiger partial charge on any atom is 0.412 e. The third-order valence-corrected chi connectivity index (χ3v) is 16.5. The highest BCUT2D eigenvalue weighted by molar-refractivity contribution is 6.34. The van der Waals surface area contributed by atoms with Gasteiger partial charge in [0.2, 0.25) is 11.8 Å². The summed E-state index contributed by atoms with van der Waals surface area (Å²) in [5, 5.41) is 20.1. The van der Waals surface area contributed by atoms with Gasteiger partial charge in [-0.3, -0.25) is 38.9 Å². The average molecular weight is 1210 g/mol. The van der Waals surface area contributed by atoms with Gasteiger partial charge in [0.25, 0.3) is 11.8 Å². The second-order valence-corrected chi connectivity index (χ2v) is 23.4. The van der Waals surface area contributed by atoms with E-state index < -0.39 is 132 Å². The highest BCUT2D eigenvalue weighted by Crippen LogP contribution is 2.50. The number of hydrogen-bond donors (Lipinski definition) is 5. The highest BCUT2D eigenvalue weighted by Gasteiger charge is 2.64. The van der Waals surface area contributed by atoms with Crippen molar-refractivity contribution >= 4 is 93.8 Å². The summed E-state index contributed by atoms with van der Waals surface area (Å²) >= 11 is 13.5. The summed E-state index contributed by atoms with van der Waals surface area (Å²) in [7, 11) is 2.96. The summed E-state index contributed by atoms with van der Waals surface area (Å²) in [4.78, 5) is 136. The Morgan fingerprint density at radius 3 is 2.33 bits per heavy atom. The number of aliphatic hydroxyl groups is 1. The molecule has 0 radical (unpaired) electrons. The minimum Gasteiger partial charge on any atom is -0.462 e. The number of halogens is 3. The molecule has 4 aliphatic rings. The predicted octanol–water partition coefficient (Wildman–Crippen LogP) is 7.16. The second kappa shape index (κ2) is 28.9. The first-order chi connectivity index (χ1) is 39.5. The van der Waals surface area contributed by atoms with E-state index in [0.717, 1.165) is 23.3 Å². The van der Waals surface area contributed by atoms with Gasteiger partial charge in [-0.05, 0) is 93.7 Å². The van der Waals surface area contributed by atoms with Gasteiger partial charge >= 0.3 is 24.1 Å². The van der Waals surface area contributed by atoms with Crippen molar-refractivity contribution in [2.24, 2.45) is 23.5 Å². The third-order valence-electron chi connectivity index (χ3n) is 15.7. The molecule has 458 valence electrons. The number of nitrogens with two attached hydrogens (primary N) is 1. The van der Waals surface area contributed by atoms with E-state index in [1.807, 2.05) is 26.0 Å². The lowest BCUT2D eigenvalue weighted by Crippen LogP contribution is -2.53. The molecule has 2 aromatic rings. The number of ether oxygens (including phenoxy) is 4. The van der Waals surface area contributed by atoms with Crippen LogP contribution >= 0.6 is 23.2 Å². The van der Waals surface area contributed by atoms with E-state index in [0.29, 0.717) is 27.8 Å². The van der Waals surface area contributed by atoms with Gasteiger partial charge in [-0.25, -0.2) is 18.8 Å². The smallest absolute Gasteiger partial charge is 0.412 e. The van der Waals surface area contributed by atoms with Crippen molar-refractivity contribution < 1.29 is 81.2 Å². The van der Waals surface area contributed by atoms with Crippen molar-refractivity contribution in [2.45, 2.75) is 173 Å². The van der Waals surface area contributed by atoms with Gasteiger partial charge < -0.3 is 50.2 Å². The maximum atomic E-state index is 16.2. The van der Waals surface area contributed by atoms with Crippen molar-refractivity contribution in [3.05, 3.63) is 80.6 Å². The predicted molar refractivity (Wildman–Crippen MR) is 304 cm³/mol. The number of Topliss-reactive ketones (excluding diaryl/α,β-unsaturated/α-hetero) is 2. The van der Waals surface area contributed by atoms with Crippen LogP contribution in [0.2, 0.25) is 10.0 Å². The summed E-state index contributed by atoms with van der Waals surface area (Å²) in [5.41, 5.74) is 4.50. The molecule has 7 amide bonds. The number of primary amides is 1. The van der Waals surface area contributed by atoms with Gasteiger partial charge in [0.05, 0.1) is 46.4 Å². The standard InChI is InChI=1S/C59H75Cl2FN6O16/c1-31(2)38(26-37(69)14-9-10-17-51(74)84-68-48(71)18-19-49(68)72)55(76)65-41(15-12-20-64-56(63)77)44(70)25-36-24-39(60)42(27-40(36)62)66-57(78)82-47-28-50(73)67(7)43-23-35(22-33(4)53(43)61)21-32(3)13-11-16-46(80-8)59(79)29-45(81-52(75)30-59)34(5)54-58(47,6)83-54/h11,13,16,22-24,27,31,34,38,41,45-47,54,79H,9-10,12,14-15,17-21,25-26,28-30H2,1-8H3,(H,65,76)(H,66,78)(H3,63,64,77)/b16-11+,32-13+/t34-,38+,41+,45+,46-,47+,54+,58+,59-/m1/s1. The number of fused-ring (bicyclic) bond motifs is 5. The number of urea groups is 1. The minimum atomic E-state index is -1.68. The highest BCUT2D eigenvalue weighted by atomic mass is 35.5. The molecule has 22 nitrogen and oxygen atoms in total. The number of aryl methyl sites for hydroxylation is 1. The number of nitrogens with zero attached hydrogens (tertiary/aromatic N) is 2. The Morgan fingerprint density at radius 2 is 1.67 bits per heavy atom. The topological polar surface area (TPSA) is 309 Å². The number of epoxide rings is 1. The Balaban J connectivity index is 1.16. The van der Waals surface area contributed by atoms with Gasteiger partial charge in [-0.1, -0.05) is 73.8 Å². The summed E-state index contributed by atoms with van der Waals surface area (Å²) in [6.07, 6.45) is -0.816. The van der Waals surface area contributed by atoms with Crippen LogP contribution in [0, 0.1) is 30.5 Å². The Bertz CT molecular complexity index is 2940. The van der Waals surface area contributed by atoms with Gasteiger partial charge in [0.15, 0.2) is 5.78 Å². The lowest BCUT2D eigenvalue weighted by atomic mass is 9.78. The molecular formula is C59H75Cl2FN6O16. The number of anilines is 2. The number of unbranched alkanes of at least 4 members (excludes halogenated alkanes) is 1. The van der Waals surface area contributed by atoms with Crippen molar-refractivity contribution in [3.8, 4) is 0 Å². The fourth-order valence-corrected chi connectivity index (χ4v) is 11.2. The summed E-state index contributed by atoms with van der Waals surface area (Å²) in [6.45, 7) is 10.5. The number of nitrogens with one attached hydrogen (secondary N) is 3. The molecule has 4 aliphatic heterocycles. The number of benzene rings is 2. The summed E-state index contributed by atoms with van der Waals surface area (Å²) < 4.78 is 40.0. The van der Waals surface area contributed by atoms with Crippen LogP contribution < -0.4 is 26.6 Å². The van der Waals surface area contributed by atoms with Crippen molar-refractivity contribution in [1.82, 2.24) is 15.7 Å². The van der Waals surface area contributed by atoms with Crippen molar-refractivity contribution in [3.63, 3.8) is 0 Å². The van der Waals surface area contributed by atoms with E-state index in [9.17, 15) is 53.1 Å². The quantitative estimate of drug-likeness (QED) is 0.0358. The van der Waals surface area contributed by atoms with Gasteiger partial charge in [-0.2, -0.15) is 0 Å². The number of ketones is 2. The summed E-state index contributed by atoms with van der Waals surface area (Å²) in [6, 6.07) is 3.60. The Hall–Kier alpha value is -6.79. The molecule has 3 saturated heterocycles. The molecule has 0 saturated carbocycles. The average Bonchev–Trinajstić information content (AvgIpc) is 2.37. The number of rotatable bonds is 21. The molecule has 25 heteroatoms. The first-order valence-corrected chi connectivity index (χ1v) is 28.7. The van der Waals surface area contributed by atoms with Crippen LogP contribution in [0.5, 0.6) is 0 Å². The van der Waals surface area contributed by atoms with Gasteiger partial charge in [0.1, 0.15) is 41.1 Å². The zero-order chi connectivity index (χ0) is 62.0. The maximum absolute atomic E-state index is 16.2. The van der Waals surface area contributed by atoms with E-state index in [2.05, 4.69) is 16.0 Å². The molecule has 0 aromatic heterocycles. The van der Waals surface area contributed by atoms with Crippen LogP contribution in [-0.4, -0.2) is 132 Å². The number of hydroxylamine groups is 2. The molecule has 6 rings (SSSR count).